The van der Waals surface area contributed by atoms with Gasteiger partial charge in [0.15, 0.2) is 0 Å². The fraction of sp³-hybridized carbons (Fsp3) is 0.600. The molecular weight excluding hydrogens is 194 g/mol. The van der Waals surface area contributed by atoms with Crippen molar-refractivity contribution in [3.05, 3.63) is 22.2 Å². The van der Waals surface area contributed by atoms with E-state index in [-0.39, 0.29) is 11.4 Å². The number of nitrogens with one attached hydrogen (secondary N) is 2. The molecule has 5 nitrogen and oxygen atoms in total. The van der Waals surface area contributed by atoms with E-state index in [4.69, 9.17) is 0 Å². The fourth-order valence-electron chi connectivity index (χ4n) is 1.95. The maximum absolute atomic E-state index is 11.1. The number of piperidine rings is 1. The largest absolute Gasteiger partial charge is 0.493 e. The van der Waals surface area contributed by atoms with Crippen molar-refractivity contribution in [2.45, 2.75) is 19.3 Å². The van der Waals surface area contributed by atoms with Gasteiger partial charge in [-0.15, -0.1) is 0 Å². The van der Waals surface area contributed by atoms with Crippen LogP contribution < -0.4 is 10.9 Å². The maximum Gasteiger partial charge on any atom is 0.254 e. The molecule has 1 saturated heterocycles. The predicted octanol–water partition coefficient (Wildman–Crippen LogP) is 0.0176. The molecule has 0 aliphatic carbocycles. The van der Waals surface area contributed by atoms with E-state index in [0.717, 1.165) is 38.4 Å². The summed E-state index contributed by atoms with van der Waals surface area (Å²) in [5.41, 5.74) is -0.286. The van der Waals surface area contributed by atoms with E-state index in [9.17, 15) is 9.90 Å². The van der Waals surface area contributed by atoms with Crippen LogP contribution in [-0.4, -0.2) is 28.2 Å². The van der Waals surface area contributed by atoms with Gasteiger partial charge in [-0.1, -0.05) is 0 Å². The molecule has 0 bridgehead atoms. The summed E-state index contributed by atoms with van der Waals surface area (Å²) in [7, 11) is 0. The molecule has 0 atom stereocenters. The average molecular weight is 209 g/mol. The summed E-state index contributed by atoms with van der Waals surface area (Å²) in [4.78, 5) is 17.6. The SMILES string of the molecule is O=c1cc(O)nc(CC2CCNCC2)[nH]1. The highest BCUT2D eigenvalue weighted by atomic mass is 16.3. The van der Waals surface area contributed by atoms with E-state index in [2.05, 4.69) is 15.3 Å². The average Bonchev–Trinajstić information content (AvgIpc) is 2.17. The second-order valence-corrected chi connectivity index (χ2v) is 3.95. The van der Waals surface area contributed by atoms with E-state index in [0.29, 0.717) is 11.7 Å². The molecule has 1 aliphatic heterocycles. The number of aromatic nitrogens is 2. The van der Waals surface area contributed by atoms with Gasteiger partial charge in [0, 0.05) is 6.42 Å². The third-order valence-corrected chi connectivity index (χ3v) is 2.72. The zero-order chi connectivity index (χ0) is 10.7. The van der Waals surface area contributed by atoms with Gasteiger partial charge in [-0.3, -0.25) is 4.79 Å². The van der Waals surface area contributed by atoms with E-state index >= 15 is 0 Å². The van der Waals surface area contributed by atoms with Crippen LogP contribution in [0.5, 0.6) is 5.88 Å². The smallest absolute Gasteiger partial charge is 0.254 e. The number of hydrogen-bond acceptors (Lipinski definition) is 4. The maximum atomic E-state index is 11.1. The molecule has 0 aromatic carbocycles. The number of hydrogen-bond donors (Lipinski definition) is 3. The summed E-state index contributed by atoms with van der Waals surface area (Å²) in [6.07, 6.45) is 2.93. The van der Waals surface area contributed by atoms with Crippen LogP contribution >= 0.6 is 0 Å². The lowest BCUT2D eigenvalue weighted by Gasteiger charge is -2.21. The lowest BCUT2D eigenvalue weighted by molar-refractivity contribution is 0.364. The Morgan fingerprint density at radius 3 is 2.87 bits per heavy atom. The molecule has 0 spiro atoms. The Bertz CT molecular complexity index is 382. The van der Waals surface area contributed by atoms with Crippen molar-refractivity contribution in [3.8, 4) is 5.88 Å². The van der Waals surface area contributed by atoms with Crippen LogP contribution in [0.3, 0.4) is 0 Å². The van der Waals surface area contributed by atoms with Gasteiger partial charge in [-0.2, -0.15) is 0 Å². The minimum absolute atomic E-state index is 0.192. The van der Waals surface area contributed by atoms with Crippen LogP contribution in [0.1, 0.15) is 18.7 Å². The third kappa shape index (κ3) is 2.79. The molecule has 5 heteroatoms. The normalized spacial score (nSPS) is 17.9. The lowest BCUT2D eigenvalue weighted by Crippen LogP contribution is -2.29. The zero-order valence-electron chi connectivity index (χ0n) is 8.49. The lowest BCUT2D eigenvalue weighted by atomic mass is 9.94. The minimum atomic E-state index is -0.286. The minimum Gasteiger partial charge on any atom is -0.493 e. The molecule has 1 aromatic heterocycles. The molecule has 82 valence electrons. The van der Waals surface area contributed by atoms with Gasteiger partial charge in [-0.05, 0) is 31.8 Å². The van der Waals surface area contributed by atoms with Crippen molar-refractivity contribution < 1.29 is 5.11 Å². The molecule has 0 saturated carbocycles. The molecule has 1 aliphatic rings. The Morgan fingerprint density at radius 1 is 1.47 bits per heavy atom. The molecule has 3 N–H and O–H groups in total. The molecule has 15 heavy (non-hydrogen) atoms. The second kappa shape index (κ2) is 4.44. The first-order valence-electron chi connectivity index (χ1n) is 5.24. The number of aromatic hydroxyl groups is 1. The molecule has 0 radical (unpaired) electrons. The molecule has 2 rings (SSSR count). The van der Waals surface area contributed by atoms with Crippen molar-refractivity contribution >= 4 is 0 Å². The summed E-state index contributed by atoms with van der Waals surface area (Å²) in [5, 5.41) is 12.5. The van der Waals surface area contributed by atoms with E-state index in [1.54, 1.807) is 0 Å². The number of nitrogens with zero attached hydrogens (tertiary/aromatic N) is 1. The standard InChI is InChI=1S/C10H15N3O2/c14-9-6-10(15)13-8(12-9)5-7-1-3-11-4-2-7/h6-7,11H,1-5H2,(H2,12,13,14,15). The monoisotopic (exact) mass is 209 g/mol. The first-order valence-corrected chi connectivity index (χ1v) is 5.24. The Balaban J connectivity index is 2.06. The van der Waals surface area contributed by atoms with Gasteiger partial charge in [0.1, 0.15) is 5.82 Å². The van der Waals surface area contributed by atoms with Crippen molar-refractivity contribution in [3.63, 3.8) is 0 Å². The van der Waals surface area contributed by atoms with Crippen LogP contribution in [0.2, 0.25) is 0 Å². The van der Waals surface area contributed by atoms with Crippen LogP contribution in [0.25, 0.3) is 0 Å². The third-order valence-electron chi connectivity index (χ3n) is 2.72. The van der Waals surface area contributed by atoms with Gasteiger partial charge < -0.3 is 15.4 Å². The summed E-state index contributed by atoms with van der Waals surface area (Å²) in [5.74, 6) is 0.950. The van der Waals surface area contributed by atoms with Gasteiger partial charge in [0.25, 0.3) is 5.56 Å². The molecule has 2 heterocycles. The van der Waals surface area contributed by atoms with E-state index < -0.39 is 0 Å². The Morgan fingerprint density at radius 2 is 2.20 bits per heavy atom. The first-order chi connectivity index (χ1) is 7.24. The molecular formula is C10H15N3O2. The highest BCUT2D eigenvalue weighted by Gasteiger charge is 2.14. The van der Waals surface area contributed by atoms with Crippen molar-refractivity contribution in [2.24, 2.45) is 5.92 Å². The summed E-state index contributed by atoms with van der Waals surface area (Å²) < 4.78 is 0. The molecule has 0 amide bonds. The van der Waals surface area contributed by atoms with Crippen LogP contribution in [0.4, 0.5) is 0 Å². The van der Waals surface area contributed by atoms with E-state index in [1.165, 1.54) is 0 Å². The van der Waals surface area contributed by atoms with Gasteiger partial charge in [-0.25, -0.2) is 4.98 Å². The van der Waals surface area contributed by atoms with Gasteiger partial charge in [0.2, 0.25) is 5.88 Å². The van der Waals surface area contributed by atoms with Gasteiger partial charge in [0.05, 0.1) is 6.07 Å². The quantitative estimate of drug-likeness (QED) is 0.641. The topological polar surface area (TPSA) is 78.0 Å². The highest BCUT2D eigenvalue weighted by molar-refractivity contribution is 5.06. The summed E-state index contributed by atoms with van der Waals surface area (Å²) in [6, 6.07) is 1.09. The Hall–Kier alpha value is -1.36. The molecule has 1 aromatic rings. The second-order valence-electron chi connectivity index (χ2n) is 3.95. The number of H-pyrrole nitrogens is 1. The zero-order valence-corrected chi connectivity index (χ0v) is 8.49. The van der Waals surface area contributed by atoms with Gasteiger partial charge >= 0.3 is 0 Å². The van der Waals surface area contributed by atoms with Crippen LogP contribution in [0.15, 0.2) is 10.9 Å². The number of rotatable bonds is 2. The van der Waals surface area contributed by atoms with Crippen molar-refractivity contribution in [1.82, 2.24) is 15.3 Å². The predicted molar refractivity (Wildman–Crippen MR) is 55.8 cm³/mol. The van der Waals surface area contributed by atoms with Crippen LogP contribution in [0, 0.1) is 5.92 Å². The highest BCUT2D eigenvalue weighted by Crippen LogP contribution is 2.15. The van der Waals surface area contributed by atoms with E-state index in [1.807, 2.05) is 0 Å². The summed E-state index contributed by atoms with van der Waals surface area (Å²) >= 11 is 0. The fourth-order valence-corrected chi connectivity index (χ4v) is 1.95. The number of aromatic amines is 1. The van der Waals surface area contributed by atoms with Crippen molar-refractivity contribution in [2.75, 3.05) is 13.1 Å². The summed E-state index contributed by atoms with van der Waals surface area (Å²) in [6.45, 7) is 2.04. The Labute approximate surface area is 87.6 Å². The van der Waals surface area contributed by atoms with Crippen LogP contribution in [-0.2, 0) is 6.42 Å². The molecule has 1 fully saturated rings. The molecule has 0 unspecified atom stereocenters. The van der Waals surface area contributed by atoms with Crippen molar-refractivity contribution in [1.29, 1.82) is 0 Å². The first kappa shape index (κ1) is 10.2. The Kier molecular flexibility index (Phi) is 3.01.